The summed E-state index contributed by atoms with van der Waals surface area (Å²) in [7, 11) is 0. The first-order chi connectivity index (χ1) is 9.75. The zero-order chi connectivity index (χ0) is 14.0. The minimum Gasteiger partial charge on any atom is -0.316 e. The number of Topliss-reactive ketones (excluding diaryl/α,β-unsaturated/α-hetero) is 1. The van der Waals surface area contributed by atoms with Crippen LogP contribution in [0.3, 0.4) is 0 Å². The second-order valence-corrected chi connectivity index (χ2v) is 5.70. The predicted molar refractivity (Wildman–Crippen MR) is 80.9 cm³/mol. The number of fused-ring (bicyclic) bond motifs is 1. The molecule has 0 spiro atoms. The van der Waals surface area contributed by atoms with Crippen LogP contribution in [0.1, 0.15) is 36.5 Å². The van der Waals surface area contributed by atoms with Gasteiger partial charge in [0.15, 0.2) is 5.78 Å². The lowest BCUT2D eigenvalue weighted by Gasteiger charge is -2.26. The monoisotopic (exact) mass is 268 g/mol. The first kappa shape index (κ1) is 13.3. The van der Waals surface area contributed by atoms with Crippen molar-refractivity contribution in [3.05, 3.63) is 42.1 Å². The number of benzene rings is 1. The molecule has 1 aliphatic heterocycles. The summed E-state index contributed by atoms with van der Waals surface area (Å²) in [5, 5.41) is 4.38. The number of carbonyl (C=O) groups excluding carboxylic acids is 1. The quantitative estimate of drug-likeness (QED) is 0.866. The van der Waals surface area contributed by atoms with Crippen LogP contribution in [0.5, 0.6) is 0 Å². The van der Waals surface area contributed by atoms with Gasteiger partial charge < -0.3 is 5.32 Å². The minimum absolute atomic E-state index is 0.223. The summed E-state index contributed by atoms with van der Waals surface area (Å²) in [5.74, 6) is 0.252. The van der Waals surface area contributed by atoms with Crippen molar-refractivity contribution in [3.8, 4) is 0 Å². The number of nitrogens with one attached hydrogen (secondary N) is 1. The van der Waals surface area contributed by atoms with Crippen molar-refractivity contribution in [2.75, 3.05) is 13.1 Å². The van der Waals surface area contributed by atoms with Gasteiger partial charge in [0, 0.05) is 29.1 Å². The van der Waals surface area contributed by atoms with E-state index in [0.717, 1.165) is 48.8 Å². The van der Waals surface area contributed by atoms with Crippen LogP contribution >= 0.6 is 0 Å². The van der Waals surface area contributed by atoms with Gasteiger partial charge in [-0.05, 0) is 31.5 Å². The van der Waals surface area contributed by atoms with E-state index in [-0.39, 0.29) is 11.2 Å². The second kappa shape index (κ2) is 5.33. The SMILES string of the molecule is CCCC1(C(=O)c2cnc3ccccc3c2)CCNC1. The lowest BCUT2D eigenvalue weighted by atomic mass is 9.76. The summed E-state index contributed by atoms with van der Waals surface area (Å²) >= 11 is 0. The fraction of sp³-hybridized carbons (Fsp3) is 0.412. The van der Waals surface area contributed by atoms with E-state index in [4.69, 9.17) is 0 Å². The zero-order valence-corrected chi connectivity index (χ0v) is 11.9. The minimum atomic E-state index is -0.223. The first-order valence-electron chi connectivity index (χ1n) is 7.35. The molecule has 104 valence electrons. The van der Waals surface area contributed by atoms with Gasteiger partial charge in [0.05, 0.1) is 5.52 Å². The Labute approximate surface area is 119 Å². The highest BCUT2D eigenvalue weighted by Crippen LogP contribution is 2.35. The average Bonchev–Trinajstić information content (AvgIpc) is 2.96. The molecule has 3 rings (SSSR count). The molecule has 2 heterocycles. The highest BCUT2D eigenvalue weighted by molar-refractivity contribution is 6.02. The summed E-state index contributed by atoms with van der Waals surface area (Å²) in [4.78, 5) is 17.3. The lowest BCUT2D eigenvalue weighted by Crippen LogP contribution is -2.33. The van der Waals surface area contributed by atoms with Crippen LogP contribution in [0.2, 0.25) is 0 Å². The van der Waals surface area contributed by atoms with E-state index in [0.29, 0.717) is 0 Å². The molecule has 0 aliphatic carbocycles. The Hall–Kier alpha value is -1.74. The fourth-order valence-corrected chi connectivity index (χ4v) is 3.24. The van der Waals surface area contributed by atoms with E-state index >= 15 is 0 Å². The zero-order valence-electron chi connectivity index (χ0n) is 11.9. The highest BCUT2D eigenvalue weighted by Gasteiger charge is 2.40. The smallest absolute Gasteiger partial charge is 0.171 e. The molecular formula is C17H20N2O. The van der Waals surface area contributed by atoms with Crippen LogP contribution in [0.4, 0.5) is 0 Å². The van der Waals surface area contributed by atoms with Gasteiger partial charge in [-0.1, -0.05) is 31.5 Å². The van der Waals surface area contributed by atoms with Crippen LogP contribution in [-0.2, 0) is 0 Å². The Morgan fingerprint density at radius 1 is 1.40 bits per heavy atom. The Kier molecular flexibility index (Phi) is 3.53. The molecule has 1 atom stereocenters. The van der Waals surface area contributed by atoms with Crippen molar-refractivity contribution in [2.24, 2.45) is 5.41 Å². The normalized spacial score (nSPS) is 22.2. The van der Waals surface area contributed by atoms with Crippen molar-refractivity contribution in [1.29, 1.82) is 0 Å². The summed E-state index contributed by atoms with van der Waals surface area (Å²) in [6.45, 7) is 3.88. The maximum absolute atomic E-state index is 12.9. The number of nitrogens with zero attached hydrogens (tertiary/aromatic N) is 1. The fourth-order valence-electron chi connectivity index (χ4n) is 3.24. The largest absolute Gasteiger partial charge is 0.316 e. The Balaban J connectivity index is 1.98. The Morgan fingerprint density at radius 3 is 3.00 bits per heavy atom. The standard InChI is InChI=1S/C17H20N2O/c1-2-7-17(8-9-18-12-17)16(20)14-10-13-5-3-4-6-15(13)19-11-14/h3-6,10-11,18H,2,7-9,12H2,1H3. The van der Waals surface area contributed by atoms with Crippen LogP contribution in [0, 0.1) is 5.41 Å². The number of hydrogen-bond acceptors (Lipinski definition) is 3. The Bertz CT molecular complexity index is 630. The van der Waals surface area contributed by atoms with Crippen molar-refractivity contribution in [1.82, 2.24) is 10.3 Å². The lowest BCUT2D eigenvalue weighted by molar-refractivity contribution is 0.0801. The van der Waals surface area contributed by atoms with Crippen LogP contribution in [-0.4, -0.2) is 23.9 Å². The molecule has 1 aromatic heterocycles. The summed E-state index contributed by atoms with van der Waals surface area (Å²) in [6, 6.07) is 9.93. The second-order valence-electron chi connectivity index (χ2n) is 5.70. The van der Waals surface area contributed by atoms with Gasteiger partial charge in [-0.2, -0.15) is 0 Å². The van der Waals surface area contributed by atoms with Gasteiger partial charge in [0.25, 0.3) is 0 Å². The molecule has 0 amide bonds. The van der Waals surface area contributed by atoms with Crippen molar-refractivity contribution < 1.29 is 4.79 Å². The van der Waals surface area contributed by atoms with E-state index in [1.54, 1.807) is 6.20 Å². The van der Waals surface area contributed by atoms with Gasteiger partial charge in [0.2, 0.25) is 0 Å². The van der Waals surface area contributed by atoms with E-state index in [2.05, 4.69) is 17.2 Å². The van der Waals surface area contributed by atoms with Gasteiger partial charge in [-0.15, -0.1) is 0 Å². The number of hydrogen-bond donors (Lipinski definition) is 1. The predicted octanol–water partition coefficient (Wildman–Crippen LogP) is 3.20. The van der Waals surface area contributed by atoms with E-state index in [1.807, 2.05) is 30.3 Å². The number of aromatic nitrogens is 1. The summed E-state index contributed by atoms with van der Waals surface area (Å²) in [6.07, 6.45) is 4.66. The number of ketones is 1. The average molecular weight is 268 g/mol. The third-order valence-corrected chi connectivity index (χ3v) is 4.31. The van der Waals surface area contributed by atoms with Crippen LogP contribution < -0.4 is 5.32 Å². The molecule has 0 saturated carbocycles. The molecule has 1 N–H and O–H groups in total. The topological polar surface area (TPSA) is 42.0 Å². The molecule has 1 unspecified atom stereocenters. The molecule has 20 heavy (non-hydrogen) atoms. The van der Waals surface area contributed by atoms with Crippen LogP contribution in [0.25, 0.3) is 10.9 Å². The Morgan fingerprint density at radius 2 is 2.25 bits per heavy atom. The number of rotatable bonds is 4. The molecule has 0 bridgehead atoms. The molecule has 1 aromatic carbocycles. The van der Waals surface area contributed by atoms with Crippen molar-refractivity contribution in [2.45, 2.75) is 26.2 Å². The van der Waals surface area contributed by atoms with Gasteiger partial charge >= 0.3 is 0 Å². The third kappa shape index (κ3) is 2.22. The van der Waals surface area contributed by atoms with Gasteiger partial charge in [0.1, 0.15) is 0 Å². The molecule has 1 saturated heterocycles. The first-order valence-corrected chi connectivity index (χ1v) is 7.35. The van der Waals surface area contributed by atoms with E-state index < -0.39 is 0 Å². The van der Waals surface area contributed by atoms with Crippen molar-refractivity contribution in [3.63, 3.8) is 0 Å². The molecule has 1 aliphatic rings. The highest BCUT2D eigenvalue weighted by atomic mass is 16.1. The molecule has 2 aromatic rings. The molecule has 0 radical (unpaired) electrons. The van der Waals surface area contributed by atoms with E-state index in [1.165, 1.54) is 0 Å². The number of carbonyl (C=O) groups is 1. The number of para-hydroxylation sites is 1. The molecular weight excluding hydrogens is 248 g/mol. The molecule has 3 nitrogen and oxygen atoms in total. The molecule has 3 heteroatoms. The van der Waals surface area contributed by atoms with Gasteiger partial charge in [-0.3, -0.25) is 9.78 Å². The van der Waals surface area contributed by atoms with Crippen molar-refractivity contribution >= 4 is 16.7 Å². The molecule has 1 fully saturated rings. The third-order valence-electron chi connectivity index (χ3n) is 4.31. The van der Waals surface area contributed by atoms with Gasteiger partial charge in [-0.25, -0.2) is 0 Å². The number of pyridine rings is 1. The summed E-state index contributed by atoms with van der Waals surface area (Å²) in [5.41, 5.74) is 1.47. The summed E-state index contributed by atoms with van der Waals surface area (Å²) < 4.78 is 0. The van der Waals surface area contributed by atoms with Crippen LogP contribution in [0.15, 0.2) is 36.5 Å². The maximum atomic E-state index is 12.9. The maximum Gasteiger partial charge on any atom is 0.171 e. The van der Waals surface area contributed by atoms with E-state index in [9.17, 15) is 4.79 Å².